The molecule has 0 bridgehead atoms. The zero-order valence-electron chi connectivity index (χ0n) is 10.8. The van der Waals surface area contributed by atoms with E-state index < -0.39 is 5.41 Å². The van der Waals surface area contributed by atoms with Crippen LogP contribution in [0.4, 0.5) is 0 Å². The first-order valence-electron chi connectivity index (χ1n) is 6.37. The number of carbonyl (C=O) groups is 2. The van der Waals surface area contributed by atoms with Gasteiger partial charge in [-0.25, -0.2) is 0 Å². The first kappa shape index (κ1) is 12.6. The van der Waals surface area contributed by atoms with Crippen molar-refractivity contribution in [1.29, 1.82) is 0 Å². The lowest BCUT2D eigenvalue weighted by atomic mass is 9.77. The molecular weight excluding hydrogens is 218 g/mol. The van der Waals surface area contributed by atoms with Gasteiger partial charge in [-0.1, -0.05) is 13.8 Å². The van der Waals surface area contributed by atoms with Gasteiger partial charge >= 0.3 is 0 Å². The van der Waals surface area contributed by atoms with Crippen LogP contribution < -0.4 is 0 Å². The molecule has 1 unspecified atom stereocenters. The summed E-state index contributed by atoms with van der Waals surface area (Å²) in [6.45, 7) is 6.36. The van der Waals surface area contributed by atoms with Gasteiger partial charge in [0.15, 0.2) is 0 Å². The Morgan fingerprint density at radius 1 is 1.41 bits per heavy atom. The molecule has 0 radical (unpaired) electrons. The van der Waals surface area contributed by atoms with Gasteiger partial charge in [0.05, 0.1) is 11.5 Å². The van der Waals surface area contributed by atoms with Crippen LogP contribution in [0.3, 0.4) is 0 Å². The van der Waals surface area contributed by atoms with E-state index in [0.717, 1.165) is 12.8 Å². The molecule has 1 heterocycles. The molecule has 1 N–H and O–H groups in total. The quantitative estimate of drug-likeness (QED) is 0.752. The fraction of sp³-hybridized carbons (Fsp3) is 0.846. The number of rotatable bonds is 3. The summed E-state index contributed by atoms with van der Waals surface area (Å²) in [6.07, 6.45) is 1.54. The second-order valence-corrected chi connectivity index (χ2v) is 6.05. The first-order valence-corrected chi connectivity index (χ1v) is 6.37. The molecule has 1 saturated heterocycles. The molecule has 17 heavy (non-hydrogen) atoms. The number of amides is 2. The minimum absolute atomic E-state index is 0.0288. The summed E-state index contributed by atoms with van der Waals surface area (Å²) in [7, 11) is 0. The SMILES string of the molecule is CC(C)C1(C)CC(=O)N(CC2CC(O)C2)C1=O. The molecule has 0 aromatic rings. The number of carbonyl (C=O) groups excluding carboxylic acids is 2. The minimum atomic E-state index is -0.528. The van der Waals surface area contributed by atoms with E-state index in [0.29, 0.717) is 18.9 Å². The Morgan fingerprint density at radius 3 is 2.41 bits per heavy atom. The van der Waals surface area contributed by atoms with Gasteiger partial charge in [-0.15, -0.1) is 0 Å². The number of imide groups is 1. The number of likely N-dealkylation sites (tertiary alicyclic amines) is 1. The van der Waals surface area contributed by atoms with Gasteiger partial charge in [0.25, 0.3) is 0 Å². The maximum atomic E-state index is 12.3. The largest absolute Gasteiger partial charge is 0.393 e. The summed E-state index contributed by atoms with van der Waals surface area (Å²) >= 11 is 0. The van der Waals surface area contributed by atoms with Crippen LogP contribution >= 0.6 is 0 Å². The van der Waals surface area contributed by atoms with Crippen LogP contribution in [0.2, 0.25) is 0 Å². The number of hydrogen-bond donors (Lipinski definition) is 1. The van der Waals surface area contributed by atoms with E-state index in [9.17, 15) is 14.7 Å². The van der Waals surface area contributed by atoms with Crippen molar-refractivity contribution in [1.82, 2.24) is 4.90 Å². The molecule has 2 fully saturated rings. The number of aliphatic hydroxyl groups excluding tert-OH is 1. The fourth-order valence-electron chi connectivity index (χ4n) is 2.65. The van der Waals surface area contributed by atoms with E-state index in [1.165, 1.54) is 4.90 Å². The molecule has 1 saturated carbocycles. The van der Waals surface area contributed by atoms with E-state index in [1.807, 2.05) is 20.8 Å². The van der Waals surface area contributed by atoms with Crippen molar-refractivity contribution < 1.29 is 14.7 Å². The van der Waals surface area contributed by atoms with Gasteiger partial charge in [0, 0.05) is 13.0 Å². The summed E-state index contributed by atoms with van der Waals surface area (Å²) in [5.74, 6) is 0.398. The topological polar surface area (TPSA) is 57.6 Å². The van der Waals surface area contributed by atoms with Crippen molar-refractivity contribution in [2.24, 2.45) is 17.3 Å². The molecule has 96 valence electrons. The molecule has 0 aromatic carbocycles. The lowest BCUT2D eigenvalue weighted by molar-refractivity contribution is -0.144. The second kappa shape index (κ2) is 4.09. The van der Waals surface area contributed by atoms with Crippen LogP contribution in [0.1, 0.15) is 40.0 Å². The summed E-state index contributed by atoms with van der Waals surface area (Å²) in [5.41, 5.74) is -0.528. The van der Waals surface area contributed by atoms with Gasteiger partial charge in [0.2, 0.25) is 11.8 Å². The highest BCUT2D eigenvalue weighted by Crippen LogP contribution is 2.40. The molecule has 0 spiro atoms. The molecule has 2 rings (SSSR count). The van der Waals surface area contributed by atoms with E-state index in [1.54, 1.807) is 0 Å². The maximum Gasteiger partial charge on any atom is 0.235 e. The van der Waals surface area contributed by atoms with Crippen molar-refractivity contribution in [2.45, 2.75) is 46.1 Å². The monoisotopic (exact) mass is 239 g/mol. The summed E-state index contributed by atoms with van der Waals surface area (Å²) in [6, 6.07) is 0. The molecule has 2 amide bonds. The predicted molar refractivity (Wildman–Crippen MR) is 63.0 cm³/mol. The first-order chi connectivity index (χ1) is 7.84. The molecule has 1 atom stereocenters. The van der Waals surface area contributed by atoms with Gasteiger partial charge < -0.3 is 5.11 Å². The Kier molecular flexibility index (Phi) is 3.02. The zero-order chi connectivity index (χ0) is 12.8. The van der Waals surface area contributed by atoms with Gasteiger partial charge in [-0.2, -0.15) is 0 Å². The third-order valence-corrected chi connectivity index (χ3v) is 4.48. The van der Waals surface area contributed by atoms with Crippen LogP contribution in [-0.2, 0) is 9.59 Å². The summed E-state index contributed by atoms with van der Waals surface area (Å²) < 4.78 is 0. The summed E-state index contributed by atoms with van der Waals surface area (Å²) in [5, 5.41) is 9.23. The van der Waals surface area contributed by atoms with Gasteiger partial charge in [-0.3, -0.25) is 14.5 Å². The third kappa shape index (κ3) is 1.99. The maximum absolute atomic E-state index is 12.3. The average molecular weight is 239 g/mol. The Labute approximate surface area is 102 Å². The van der Waals surface area contributed by atoms with Gasteiger partial charge in [-0.05, 0) is 31.6 Å². The van der Waals surface area contributed by atoms with Gasteiger partial charge in [0.1, 0.15) is 0 Å². The van der Waals surface area contributed by atoms with E-state index in [2.05, 4.69) is 0 Å². The molecule has 1 aliphatic heterocycles. The van der Waals surface area contributed by atoms with Crippen molar-refractivity contribution in [3.63, 3.8) is 0 Å². The fourth-order valence-corrected chi connectivity index (χ4v) is 2.65. The zero-order valence-corrected chi connectivity index (χ0v) is 10.8. The third-order valence-electron chi connectivity index (χ3n) is 4.48. The summed E-state index contributed by atoms with van der Waals surface area (Å²) in [4.78, 5) is 25.6. The van der Waals surface area contributed by atoms with Crippen LogP contribution in [-0.4, -0.2) is 34.5 Å². The standard InChI is InChI=1S/C13H21NO3/c1-8(2)13(3)6-11(16)14(12(13)17)7-9-4-10(15)5-9/h8-10,15H,4-7H2,1-3H3. The number of hydrogen-bond acceptors (Lipinski definition) is 3. The normalized spacial score (nSPS) is 37.8. The Bertz CT molecular complexity index is 347. The molecule has 4 nitrogen and oxygen atoms in total. The Balaban J connectivity index is 2.04. The Morgan fingerprint density at radius 2 is 2.00 bits per heavy atom. The predicted octanol–water partition coefficient (Wildman–Crippen LogP) is 1.18. The van der Waals surface area contributed by atoms with Crippen LogP contribution in [0.25, 0.3) is 0 Å². The smallest absolute Gasteiger partial charge is 0.235 e. The van der Waals surface area contributed by atoms with Crippen molar-refractivity contribution >= 4 is 11.8 Å². The Hall–Kier alpha value is -0.900. The van der Waals surface area contributed by atoms with Crippen LogP contribution in [0.15, 0.2) is 0 Å². The molecule has 4 heteroatoms. The van der Waals surface area contributed by atoms with E-state index in [-0.39, 0.29) is 23.8 Å². The highest BCUT2D eigenvalue weighted by atomic mass is 16.3. The number of aliphatic hydroxyl groups is 1. The number of nitrogens with zero attached hydrogens (tertiary/aromatic N) is 1. The van der Waals surface area contributed by atoms with Crippen molar-refractivity contribution in [2.75, 3.05) is 6.54 Å². The highest BCUT2D eigenvalue weighted by molar-refractivity contribution is 6.05. The minimum Gasteiger partial charge on any atom is -0.393 e. The second-order valence-electron chi connectivity index (χ2n) is 6.05. The lowest BCUT2D eigenvalue weighted by Gasteiger charge is -2.34. The van der Waals surface area contributed by atoms with Crippen LogP contribution in [0.5, 0.6) is 0 Å². The van der Waals surface area contributed by atoms with Crippen molar-refractivity contribution in [3.8, 4) is 0 Å². The molecule has 2 aliphatic rings. The molecular formula is C13H21NO3. The highest BCUT2D eigenvalue weighted by Gasteiger charge is 2.50. The lowest BCUT2D eigenvalue weighted by Crippen LogP contribution is -2.43. The average Bonchev–Trinajstić information content (AvgIpc) is 2.40. The van der Waals surface area contributed by atoms with E-state index >= 15 is 0 Å². The van der Waals surface area contributed by atoms with E-state index in [4.69, 9.17) is 0 Å². The van der Waals surface area contributed by atoms with Crippen molar-refractivity contribution in [3.05, 3.63) is 0 Å². The van der Waals surface area contributed by atoms with Crippen LogP contribution in [0, 0.1) is 17.3 Å². The molecule has 0 aromatic heterocycles. The molecule has 1 aliphatic carbocycles.